The van der Waals surface area contributed by atoms with Crippen LogP contribution in [0.5, 0.6) is 0 Å². The third-order valence-electron chi connectivity index (χ3n) is 3.55. The molecule has 1 atom stereocenters. The summed E-state index contributed by atoms with van der Waals surface area (Å²) in [4.78, 5) is 18.5. The number of aromatic nitrogens is 1. The van der Waals surface area contributed by atoms with E-state index >= 15 is 0 Å². The number of likely N-dealkylation sites (tertiary alicyclic amines) is 1. The number of piperidine rings is 1. The summed E-state index contributed by atoms with van der Waals surface area (Å²) >= 11 is 11.7. The molecule has 19 heavy (non-hydrogen) atoms. The lowest BCUT2D eigenvalue weighted by Crippen LogP contribution is -2.43. The molecule has 1 saturated heterocycles. The van der Waals surface area contributed by atoms with Gasteiger partial charge < -0.3 is 4.90 Å². The van der Waals surface area contributed by atoms with Crippen molar-refractivity contribution < 1.29 is 4.79 Å². The van der Waals surface area contributed by atoms with Crippen molar-refractivity contribution in [1.82, 2.24) is 9.88 Å². The molecule has 0 spiro atoms. The van der Waals surface area contributed by atoms with Crippen molar-refractivity contribution in [2.24, 2.45) is 0 Å². The topological polar surface area (TPSA) is 33.2 Å². The minimum absolute atomic E-state index is 0.0178. The van der Waals surface area contributed by atoms with Crippen LogP contribution in [0.15, 0.2) is 12.3 Å². The van der Waals surface area contributed by atoms with Crippen LogP contribution in [0.2, 0.25) is 10.2 Å². The Bertz CT molecular complexity index is 463. The fourth-order valence-corrected chi connectivity index (χ4v) is 2.87. The first kappa shape index (κ1) is 14.6. The maximum absolute atomic E-state index is 12.5. The van der Waals surface area contributed by atoms with Gasteiger partial charge in [0.2, 0.25) is 0 Å². The number of rotatable bonds is 3. The van der Waals surface area contributed by atoms with E-state index in [1.807, 2.05) is 4.90 Å². The Morgan fingerprint density at radius 3 is 2.95 bits per heavy atom. The molecule has 0 radical (unpaired) electrons. The number of nitrogens with zero attached hydrogens (tertiary/aromatic N) is 2. The number of halogens is 2. The molecule has 2 rings (SSSR count). The van der Waals surface area contributed by atoms with Crippen molar-refractivity contribution in [3.63, 3.8) is 0 Å². The van der Waals surface area contributed by atoms with Gasteiger partial charge in [-0.3, -0.25) is 4.79 Å². The molecule has 1 aromatic rings. The van der Waals surface area contributed by atoms with Crippen LogP contribution in [-0.2, 0) is 0 Å². The van der Waals surface area contributed by atoms with Crippen molar-refractivity contribution in [2.45, 2.75) is 45.1 Å². The zero-order valence-corrected chi connectivity index (χ0v) is 12.5. The second-order valence-corrected chi connectivity index (χ2v) is 5.70. The molecular weight excluding hydrogens is 283 g/mol. The smallest absolute Gasteiger partial charge is 0.255 e. The van der Waals surface area contributed by atoms with E-state index in [0.717, 1.165) is 32.2 Å². The average Bonchev–Trinajstić information content (AvgIpc) is 2.42. The van der Waals surface area contributed by atoms with E-state index in [4.69, 9.17) is 23.2 Å². The number of hydrogen-bond acceptors (Lipinski definition) is 2. The normalized spacial score (nSPS) is 19.5. The molecule has 0 saturated carbocycles. The Morgan fingerprint density at radius 2 is 2.26 bits per heavy atom. The standard InChI is InChI=1S/C14H18Cl2N2O/c1-2-5-11-6-3-4-7-18(11)14(19)10-8-12(15)13(16)17-9-10/h8-9,11H,2-7H2,1H3. The van der Waals surface area contributed by atoms with Crippen molar-refractivity contribution in [1.29, 1.82) is 0 Å². The van der Waals surface area contributed by atoms with Gasteiger partial charge in [-0.25, -0.2) is 4.98 Å². The summed E-state index contributed by atoms with van der Waals surface area (Å²) in [7, 11) is 0. The van der Waals surface area contributed by atoms with Crippen LogP contribution in [0.1, 0.15) is 49.4 Å². The highest BCUT2D eigenvalue weighted by molar-refractivity contribution is 6.41. The SMILES string of the molecule is CCCC1CCCCN1C(=O)c1cnc(Cl)c(Cl)c1. The van der Waals surface area contributed by atoms with E-state index in [2.05, 4.69) is 11.9 Å². The van der Waals surface area contributed by atoms with Gasteiger partial charge in [0, 0.05) is 18.8 Å². The fraction of sp³-hybridized carbons (Fsp3) is 0.571. The predicted octanol–water partition coefficient (Wildman–Crippen LogP) is 4.18. The first-order valence-electron chi connectivity index (χ1n) is 6.75. The Hall–Kier alpha value is -0.800. The largest absolute Gasteiger partial charge is 0.336 e. The van der Waals surface area contributed by atoms with Crippen molar-refractivity contribution in [2.75, 3.05) is 6.54 Å². The van der Waals surface area contributed by atoms with E-state index in [1.54, 1.807) is 6.07 Å². The van der Waals surface area contributed by atoms with E-state index < -0.39 is 0 Å². The molecule has 1 aliphatic heterocycles. The number of hydrogen-bond donors (Lipinski definition) is 0. The summed E-state index contributed by atoms with van der Waals surface area (Å²) in [6.45, 7) is 2.97. The molecule has 0 N–H and O–H groups in total. The van der Waals surface area contributed by atoms with Gasteiger partial charge in [0.15, 0.2) is 0 Å². The van der Waals surface area contributed by atoms with Crippen LogP contribution in [0, 0.1) is 0 Å². The van der Waals surface area contributed by atoms with Crippen molar-refractivity contribution in [3.05, 3.63) is 28.0 Å². The van der Waals surface area contributed by atoms with Crippen LogP contribution in [0.4, 0.5) is 0 Å². The van der Waals surface area contributed by atoms with E-state index in [-0.39, 0.29) is 11.1 Å². The summed E-state index contributed by atoms with van der Waals surface area (Å²) in [6.07, 6.45) is 7.02. The molecule has 104 valence electrons. The molecule has 1 amide bonds. The lowest BCUT2D eigenvalue weighted by molar-refractivity contribution is 0.0600. The van der Waals surface area contributed by atoms with Gasteiger partial charge in [0.05, 0.1) is 10.6 Å². The number of carbonyl (C=O) groups excluding carboxylic acids is 1. The molecule has 1 aromatic heterocycles. The van der Waals surface area contributed by atoms with Crippen LogP contribution < -0.4 is 0 Å². The number of amides is 1. The zero-order chi connectivity index (χ0) is 13.8. The summed E-state index contributed by atoms with van der Waals surface area (Å²) in [6, 6.07) is 1.96. The van der Waals surface area contributed by atoms with Gasteiger partial charge in [0.1, 0.15) is 5.15 Å². The molecule has 2 heterocycles. The van der Waals surface area contributed by atoms with Crippen LogP contribution in [-0.4, -0.2) is 28.4 Å². The zero-order valence-electron chi connectivity index (χ0n) is 11.0. The lowest BCUT2D eigenvalue weighted by atomic mass is 9.97. The third kappa shape index (κ3) is 3.40. The molecule has 0 aliphatic carbocycles. The molecule has 5 heteroatoms. The van der Waals surface area contributed by atoms with E-state index in [1.165, 1.54) is 12.6 Å². The highest BCUT2D eigenvalue weighted by atomic mass is 35.5. The van der Waals surface area contributed by atoms with Crippen LogP contribution in [0.3, 0.4) is 0 Å². The Kier molecular flexibility index (Phi) is 5.06. The fourth-order valence-electron chi connectivity index (χ4n) is 2.61. The minimum atomic E-state index is 0.0178. The highest BCUT2D eigenvalue weighted by Gasteiger charge is 2.27. The van der Waals surface area contributed by atoms with Gasteiger partial charge in [0.25, 0.3) is 5.91 Å². The molecule has 1 unspecified atom stereocenters. The first-order chi connectivity index (χ1) is 9.13. The first-order valence-corrected chi connectivity index (χ1v) is 7.51. The summed E-state index contributed by atoms with van der Waals surface area (Å²) in [5, 5.41) is 0.568. The van der Waals surface area contributed by atoms with Gasteiger partial charge in [-0.2, -0.15) is 0 Å². The highest BCUT2D eigenvalue weighted by Crippen LogP contribution is 2.25. The van der Waals surface area contributed by atoms with Gasteiger partial charge in [-0.1, -0.05) is 36.5 Å². The van der Waals surface area contributed by atoms with E-state index in [9.17, 15) is 4.79 Å². The summed E-state index contributed by atoms with van der Waals surface area (Å²) in [5.74, 6) is 0.0178. The van der Waals surface area contributed by atoms with Crippen molar-refractivity contribution in [3.8, 4) is 0 Å². The lowest BCUT2D eigenvalue weighted by Gasteiger charge is -2.35. The Morgan fingerprint density at radius 1 is 1.47 bits per heavy atom. The van der Waals surface area contributed by atoms with Gasteiger partial charge >= 0.3 is 0 Å². The Labute approximate surface area is 123 Å². The molecule has 0 aromatic carbocycles. The minimum Gasteiger partial charge on any atom is -0.336 e. The maximum Gasteiger partial charge on any atom is 0.255 e. The monoisotopic (exact) mass is 300 g/mol. The number of pyridine rings is 1. The van der Waals surface area contributed by atoms with Gasteiger partial charge in [-0.05, 0) is 31.7 Å². The second-order valence-electron chi connectivity index (χ2n) is 4.93. The second kappa shape index (κ2) is 6.58. The Balaban J connectivity index is 2.18. The number of carbonyl (C=O) groups is 1. The van der Waals surface area contributed by atoms with E-state index in [0.29, 0.717) is 16.6 Å². The summed E-state index contributed by atoms with van der Waals surface area (Å²) < 4.78 is 0. The van der Waals surface area contributed by atoms with Crippen LogP contribution >= 0.6 is 23.2 Å². The average molecular weight is 301 g/mol. The quantitative estimate of drug-likeness (QED) is 0.785. The molecule has 0 bridgehead atoms. The van der Waals surface area contributed by atoms with Crippen molar-refractivity contribution >= 4 is 29.1 Å². The molecule has 3 nitrogen and oxygen atoms in total. The molecule has 1 fully saturated rings. The molecule has 1 aliphatic rings. The molecular formula is C14H18Cl2N2O. The third-order valence-corrected chi connectivity index (χ3v) is 4.24. The van der Waals surface area contributed by atoms with Gasteiger partial charge in [-0.15, -0.1) is 0 Å². The summed E-state index contributed by atoms with van der Waals surface area (Å²) in [5.41, 5.74) is 0.525. The van der Waals surface area contributed by atoms with Crippen LogP contribution in [0.25, 0.3) is 0 Å². The predicted molar refractivity (Wildman–Crippen MR) is 77.8 cm³/mol. The maximum atomic E-state index is 12.5.